The molecule has 0 aliphatic rings. The molecule has 0 spiro atoms. The van der Waals surface area contributed by atoms with Crippen LogP contribution in [-0.4, -0.2) is 47.1 Å². The lowest BCUT2D eigenvalue weighted by Crippen LogP contribution is -2.33. The van der Waals surface area contributed by atoms with E-state index in [4.69, 9.17) is 9.26 Å². The molecule has 0 radical (unpaired) electrons. The molecule has 2 amide bonds. The van der Waals surface area contributed by atoms with Gasteiger partial charge < -0.3 is 19.5 Å². The number of likely N-dealkylation sites (N-methyl/N-ethyl adjacent to an activating group) is 1. The van der Waals surface area contributed by atoms with Gasteiger partial charge in [-0.1, -0.05) is 47.6 Å². The number of benzene rings is 2. The zero-order chi connectivity index (χ0) is 21.3. The van der Waals surface area contributed by atoms with E-state index in [1.807, 2.05) is 61.5 Å². The summed E-state index contributed by atoms with van der Waals surface area (Å²) in [6.45, 7) is 2.65. The summed E-state index contributed by atoms with van der Waals surface area (Å²) >= 11 is 0. The Bertz CT molecular complexity index is 988. The van der Waals surface area contributed by atoms with Gasteiger partial charge in [0.05, 0.1) is 0 Å². The molecule has 0 saturated heterocycles. The van der Waals surface area contributed by atoms with E-state index < -0.39 is 5.91 Å². The highest BCUT2D eigenvalue weighted by Crippen LogP contribution is 2.12. The fraction of sp³-hybridized carbons (Fsp3) is 0.273. The van der Waals surface area contributed by atoms with Crippen LogP contribution in [0.4, 0.5) is 0 Å². The number of aromatic nitrogens is 2. The standard InChI is InChI=1S/C22H24N4O4/c1-16-7-6-10-18(13-16)29-15-20(27)26(2)12-11-19-24-22(30-25-19)21(28)23-14-17-8-4-3-5-9-17/h3-10,13H,11-12,14-15H2,1-2H3,(H,23,28). The fourth-order valence-corrected chi connectivity index (χ4v) is 2.65. The molecule has 2 aromatic carbocycles. The molecular formula is C22H24N4O4. The first kappa shape index (κ1) is 21.0. The highest BCUT2D eigenvalue weighted by molar-refractivity contribution is 5.89. The van der Waals surface area contributed by atoms with E-state index in [0.717, 1.165) is 11.1 Å². The van der Waals surface area contributed by atoms with Gasteiger partial charge in [0.2, 0.25) is 0 Å². The van der Waals surface area contributed by atoms with Crippen LogP contribution in [0.2, 0.25) is 0 Å². The van der Waals surface area contributed by atoms with Crippen LogP contribution in [0, 0.1) is 6.92 Å². The molecule has 1 N–H and O–H groups in total. The van der Waals surface area contributed by atoms with Crippen LogP contribution in [0.15, 0.2) is 59.1 Å². The minimum Gasteiger partial charge on any atom is -0.484 e. The van der Waals surface area contributed by atoms with Crippen molar-refractivity contribution in [3.63, 3.8) is 0 Å². The molecule has 1 aromatic heterocycles. The Labute approximate surface area is 174 Å². The number of ether oxygens (including phenoxy) is 1. The first-order valence-corrected chi connectivity index (χ1v) is 9.59. The van der Waals surface area contributed by atoms with Crippen molar-refractivity contribution in [2.24, 2.45) is 0 Å². The van der Waals surface area contributed by atoms with Gasteiger partial charge in [0.1, 0.15) is 5.75 Å². The maximum Gasteiger partial charge on any atom is 0.315 e. The number of hydrogen-bond acceptors (Lipinski definition) is 6. The first-order chi connectivity index (χ1) is 14.5. The monoisotopic (exact) mass is 408 g/mol. The fourth-order valence-electron chi connectivity index (χ4n) is 2.65. The molecule has 0 bridgehead atoms. The third-order valence-electron chi connectivity index (χ3n) is 4.41. The summed E-state index contributed by atoms with van der Waals surface area (Å²) in [5.74, 6) is 0.312. The highest BCUT2D eigenvalue weighted by Gasteiger charge is 2.16. The first-order valence-electron chi connectivity index (χ1n) is 9.59. The zero-order valence-corrected chi connectivity index (χ0v) is 17.0. The maximum absolute atomic E-state index is 12.2. The second-order valence-corrected chi connectivity index (χ2v) is 6.85. The van der Waals surface area contributed by atoms with Crippen LogP contribution < -0.4 is 10.1 Å². The van der Waals surface area contributed by atoms with Gasteiger partial charge in [-0.05, 0) is 30.2 Å². The molecule has 0 fully saturated rings. The van der Waals surface area contributed by atoms with E-state index >= 15 is 0 Å². The Morgan fingerprint density at radius 2 is 1.93 bits per heavy atom. The van der Waals surface area contributed by atoms with E-state index in [-0.39, 0.29) is 18.4 Å². The van der Waals surface area contributed by atoms with Crippen molar-refractivity contribution in [3.05, 3.63) is 77.4 Å². The van der Waals surface area contributed by atoms with E-state index in [1.165, 1.54) is 4.90 Å². The summed E-state index contributed by atoms with van der Waals surface area (Å²) in [5, 5.41) is 6.54. The molecule has 0 aliphatic heterocycles. The van der Waals surface area contributed by atoms with Crippen molar-refractivity contribution in [2.75, 3.05) is 20.2 Å². The largest absolute Gasteiger partial charge is 0.484 e. The summed E-state index contributed by atoms with van der Waals surface area (Å²) in [6.07, 6.45) is 0.363. The number of amides is 2. The molecule has 30 heavy (non-hydrogen) atoms. The molecule has 3 rings (SSSR count). The Morgan fingerprint density at radius 3 is 2.70 bits per heavy atom. The van der Waals surface area contributed by atoms with Crippen LogP contribution in [0.1, 0.15) is 27.6 Å². The van der Waals surface area contributed by atoms with Gasteiger partial charge in [0.25, 0.3) is 5.91 Å². The third kappa shape index (κ3) is 6.16. The van der Waals surface area contributed by atoms with Gasteiger partial charge >= 0.3 is 11.8 Å². The topological polar surface area (TPSA) is 97.6 Å². The lowest BCUT2D eigenvalue weighted by Gasteiger charge is -2.16. The Balaban J connectivity index is 1.42. The number of carbonyl (C=O) groups is 2. The van der Waals surface area contributed by atoms with E-state index in [9.17, 15) is 9.59 Å². The van der Waals surface area contributed by atoms with Gasteiger partial charge in [-0.3, -0.25) is 9.59 Å². The normalized spacial score (nSPS) is 10.5. The summed E-state index contributed by atoms with van der Waals surface area (Å²) < 4.78 is 10.5. The second kappa shape index (κ2) is 10.2. The van der Waals surface area contributed by atoms with E-state index in [2.05, 4.69) is 15.5 Å². The van der Waals surface area contributed by atoms with Gasteiger partial charge in [0, 0.05) is 26.6 Å². The number of aryl methyl sites for hydroxylation is 1. The Kier molecular flexibility index (Phi) is 7.15. The van der Waals surface area contributed by atoms with E-state index in [1.54, 1.807) is 7.05 Å². The summed E-state index contributed by atoms with van der Waals surface area (Å²) in [5.41, 5.74) is 2.03. The molecule has 156 valence electrons. The third-order valence-corrected chi connectivity index (χ3v) is 4.41. The maximum atomic E-state index is 12.2. The SMILES string of the molecule is Cc1cccc(OCC(=O)N(C)CCc2noc(C(=O)NCc3ccccc3)n2)c1. The predicted molar refractivity (Wildman–Crippen MR) is 110 cm³/mol. The second-order valence-electron chi connectivity index (χ2n) is 6.85. The number of hydrogen-bond donors (Lipinski definition) is 1. The minimum absolute atomic E-state index is 0.0562. The lowest BCUT2D eigenvalue weighted by atomic mass is 10.2. The smallest absolute Gasteiger partial charge is 0.315 e. The Morgan fingerprint density at radius 1 is 1.13 bits per heavy atom. The lowest BCUT2D eigenvalue weighted by molar-refractivity contribution is -0.132. The van der Waals surface area contributed by atoms with Gasteiger partial charge in [-0.25, -0.2) is 0 Å². The number of carbonyl (C=O) groups excluding carboxylic acids is 2. The molecule has 0 saturated carbocycles. The van der Waals surface area contributed by atoms with Crippen LogP contribution in [0.5, 0.6) is 5.75 Å². The zero-order valence-electron chi connectivity index (χ0n) is 17.0. The van der Waals surface area contributed by atoms with Gasteiger partial charge in [-0.2, -0.15) is 4.98 Å². The number of rotatable bonds is 9. The van der Waals surface area contributed by atoms with Crippen molar-refractivity contribution >= 4 is 11.8 Å². The quantitative estimate of drug-likeness (QED) is 0.584. The van der Waals surface area contributed by atoms with Gasteiger partial charge in [0.15, 0.2) is 12.4 Å². The summed E-state index contributed by atoms with van der Waals surface area (Å²) in [4.78, 5) is 30.0. The summed E-state index contributed by atoms with van der Waals surface area (Å²) in [6, 6.07) is 17.0. The predicted octanol–water partition coefficient (Wildman–Crippen LogP) is 2.39. The van der Waals surface area contributed by atoms with Crippen LogP contribution in [0.25, 0.3) is 0 Å². The van der Waals surface area contributed by atoms with Crippen LogP contribution in [0.3, 0.4) is 0 Å². The van der Waals surface area contributed by atoms with Gasteiger partial charge in [-0.15, -0.1) is 0 Å². The molecular weight excluding hydrogens is 384 g/mol. The molecule has 1 heterocycles. The van der Waals surface area contributed by atoms with E-state index in [0.29, 0.717) is 31.1 Å². The average Bonchev–Trinajstić information content (AvgIpc) is 3.24. The average molecular weight is 408 g/mol. The number of nitrogens with zero attached hydrogens (tertiary/aromatic N) is 3. The molecule has 0 unspecified atom stereocenters. The molecule has 0 aliphatic carbocycles. The van der Waals surface area contributed by atoms with Crippen molar-refractivity contribution in [3.8, 4) is 5.75 Å². The molecule has 3 aromatic rings. The van der Waals surface area contributed by atoms with Crippen LogP contribution in [-0.2, 0) is 17.8 Å². The van der Waals surface area contributed by atoms with Crippen molar-refractivity contribution in [1.29, 1.82) is 0 Å². The molecule has 8 heteroatoms. The number of nitrogens with one attached hydrogen (secondary N) is 1. The van der Waals surface area contributed by atoms with Crippen molar-refractivity contribution < 1.29 is 18.8 Å². The molecule has 0 atom stereocenters. The Hall–Kier alpha value is -3.68. The van der Waals surface area contributed by atoms with Crippen molar-refractivity contribution in [1.82, 2.24) is 20.4 Å². The van der Waals surface area contributed by atoms with Crippen molar-refractivity contribution in [2.45, 2.75) is 19.9 Å². The minimum atomic E-state index is -0.436. The highest BCUT2D eigenvalue weighted by atomic mass is 16.5. The molecule has 8 nitrogen and oxygen atoms in total. The van der Waals surface area contributed by atoms with Crippen LogP contribution >= 0.6 is 0 Å². The summed E-state index contributed by atoms with van der Waals surface area (Å²) in [7, 11) is 1.68.